The van der Waals surface area contributed by atoms with Crippen molar-refractivity contribution in [3.05, 3.63) is 35.4 Å². The molecule has 0 radical (unpaired) electrons. The minimum atomic E-state index is -0.255. The molecule has 0 amide bonds. The van der Waals surface area contributed by atoms with Crippen LogP contribution in [0.4, 0.5) is 0 Å². The van der Waals surface area contributed by atoms with E-state index in [4.69, 9.17) is 9.47 Å². The number of hydrogen-bond donors (Lipinski definition) is 0. The van der Waals surface area contributed by atoms with Crippen molar-refractivity contribution in [3.8, 4) is 0 Å². The van der Waals surface area contributed by atoms with Crippen LogP contribution in [0.1, 0.15) is 74.7 Å². The molecule has 0 unspecified atom stereocenters. The lowest BCUT2D eigenvalue weighted by Gasteiger charge is -2.07. The van der Waals surface area contributed by atoms with Gasteiger partial charge in [0.05, 0.1) is 12.2 Å². The van der Waals surface area contributed by atoms with Gasteiger partial charge in [0, 0.05) is 6.61 Å². The van der Waals surface area contributed by atoms with E-state index in [1.54, 1.807) is 0 Å². The van der Waals surface area contributed by atoms with Gasteiger partial charge in [-0.15, -0.1) is 0 Å². The molecule has 3 heteroatoms. The first-order valence-corrected chi connectivity index (χ1v) is 9.11. The average Bonchev–Trinajstić information content (AvgIpc) is 2.58. The second kappa shape index (κ2) is 13.1. The molecule has 3 nitrogen and oxygen atoms in total. The minimum Gasteiger partial charge on any atom is -0.460 e. The van der Waals surface area contributed by atoms with Crippen LogP contribution in [0.2, 0.25) is 0 Å². The second-order valence-corrected chi connectivity index (χ2v) is 5.97. The van der Waals surface area contributed by atoms with Gasteiger partial charge in [-0.25, -0.2) is 4.79 Å². The summed E-state index contributed by atoms with van der Waals surface area (Å²) in [7, 11) is 0. The topological polar surface area (TPSA) is 35.5 Å². The Morgan fingerprint density at radius 1 is 0.913 bits per heavy atom. The first kappa shape index (κ1) is 19.7. The van der Waals surface area contributed by atoms with Crippen LogP contribution < -0.4 is 0 Å². The fourth-order valence-corrected chi connectivity index (χ4v) is 2.42. The van der Waals surface area contributed by atoms with Crippen molar-refractivity contribution in [2.45, 2.75) is 65.2 Å². The van der Waals surface area contributed by atoms with Crippen molar-refractivity contribution in [1.82, 2.24) is 0 Å². The van der Waals surface area contributed by atoms with Crippen LogP contribution in [0.3, 0.4) is 0 Å². The van der Waals surface area contributed by atoms with E-state index in [1.807, 2.05) is 18.2 Å². The molecule has 1 aromatic rings. The third-order valence-electron chi connectivity index (χ3n) is 3.83. The van der Waals surface area contributed by atoms with Gasteiger partial charge in [0.25, 0.3) is 0 Å². The first-order chi connectivity index (χ1) is 11.3. The van der Waals surface area contributed by atoms with Gasteiger partial charge in [-0.2, -0.15) is 0 Å². The van der Waals surface area contributed by atoms with Gasteiger partial charge in [0.1, 0.15) is 6.61 Å². The van der Waals surface area contributed by atoms with Gasteiger partial charge in [0.15, 0.2) is 0 Å². The molecule has 0 spiro atoms. The van der Waals surface area contributed by atoms with Crippen LogP contribution in [0.5, 0.6) is 0 Å². The van der Waals surface area contributed by atoms with E-state index >= 15 is 0 Å². The largest absolute Gasteiger partial charge is 0.460 e. The van der Waals surface area contributed by atoms with Crippen LogP contribution in [-0.2, 0) is 15.9 Å². The van der Waals surface area contributed by atoms with E-state index in [0.29, 0.717) is 18.8 Å². The molecule has 0 aromatic heterocycles. The standard InChI is InChI=1S/C20H32O3/c1-3-5-7-8-9-14-22-15-16-23-20(21)19-13-10-12-18(17-19)11-6-4-2/h10,12-13,17H,3-9,11,14-16H2,1-2H3. The molecule has 0 N–H and O–H groups in total. The highest BCUT2D eigenvalue weighted by atomic mass is 16.6. The SMILES string of the molecule is CCCCCCCOCCOC(=O)c1cccc(CCCC)c1. The number of rotatable bonds is 13. The Morgan fingerprint density at radius 2 is 1.70 bits per heavy atom. The second-order valence-electron chi connectivity index (χ2n) is 5.97. The highest BCUT2D eigenvalue weighted by Crippen LogP contribution is 2.10. The maximum atomic E-state index is 12.0. The Morgan fingerprint density at radius 3 is 2.48 bits per heavy atom. The molecule has 0 saturated carbocycles. The maximum Gasteiger partial charge on any atom is 0.338 e. The molecule has 0 bridgehead atoms. The van der Waals surface area contributed by atoms with Crippen molar-refractivity contribution >= 4 is 5.97 Å². The zero-order valence-corrected chi connectivity index (χ0v) is 14.8. The highest BCUT2D eigenvalue weighted by molar-refractivity contribution is 5.89. The molecule has 23 heavy (non-hydrogen) atoms. The summed E-state index contributed by atoms with van der Waals surface area (Å²) >= 11 is 0. The van der Waals surface area contributed by atoms with E-state index in [-0.39, 0.29) is 5.97 Å². The number of hydrogen-bond acceptors (Lipinski definition) is 3. The predicted octanol–water partition coefficient (Wildman–Crippen LogP) is 5.17. The van der Waals surface area contributed by atoms with Crippen LogP contribution in [-0.4, -0.2) is 25.8 Å². The minimum absolute atomic E-state index is 0.255. The van der Waals surface area contributed by atoms with Crippen molar-refractivity contribution in [2.24, 2.45) is 0 Å². The Hall–Kier alpha value is -1.35. The van der Waals surface area contributed by atoms with Gasteiger partial charge in [-0.1, -0.05) is 58.1 Å². The summed E-state index contributed by atoms with van der Waals surface area (Å²) in [4.78, 5) is 12.0. The number of ether oxygens (including phenoxy) is 2. The summed E-state index contributed by atoms with van der Waals surface area (Å²) < 4.78 is 10.8. The number of carbonyl (C=O) groups is 1. The van der Waals surface area contributed by atoms with Crippen molar-refractivity contribution < 1.29 is 14.3 Å². The highest BCUT2D eigenvalue weighted by Gasteiger charge is 2.07. The average molecular weight is 320 g/mol. The van der Waals surface area contributed by atoms with Crippen LogP contribution in [0.15, 0.2) is 24.3 Å². The molecule has 130 valence electrons. The fourth-order valence-electron chi connectivity index (χ4n) is 2.42. The molecule has 1 rings (SSSR count). The Labute approximate surface area is 141 Å². The van der Waals surface area contributed by atoms with Gasteiger partial charge in [0.2, 0.25) is 0 Å². The molecule has 0 aliphatic rings. The van der Waals surface area contributed by atoms with Gasteiger partial charge >= 0.3 is 5.97 Å². The molecular weight excluding hydrogens is 288 g/mol. The summed E-state index contributed by atoms with van der Waals surface area (Å²) in [5.74, 6) is -0.255. The quantitative estimate of drug-likeness (QED) is 0.371. The van der Waals surface area contributed by atoms with Crippen LogP contribution in [0.25, 0.3) is 0 Å². The smallest absolute Gasteiger partial charge is 0.338 e. The van der Waals surface area contributed by atoms with E-state index in [0.717, 1.165) is 32.3 Å². The van der Waals surface area contributed by atoms with Crippen molar-refractivity contribution in [2.75, 3.05) is 19.8 Å². The summed E-state index contributed by atoms with van der Waals surface area (Å²) in [6, 6.07) is 7.74. The van der Waals surface area contributed by atoms with Crippen LogP contribution in [0, 0.1) is 0 Å². The van der Waals surface area contributed by atoms with Crippen molar-refractivity contribution in [1.29, 1.82) is 0 Å². The molecular formula is C20H32O3. The summed E-state index contributed by atoms with van der Waals surface area (Å²) in [6.45, 7) is 5.95. The fraction of sp³-hybridized carbons (Fsp3) is 0.650. The maximum absolute atomic E-state index is 12.0. The van der Waals surface area contributed by atoms with Gasteiger partial charge in [-0.3, -0.25) is 0 Å². The van der Waals surface area contributed by atoms with Crippen LogP contribution >= 0.6 is 0 Å². The number of carbonyl (C=O) groups excluding carboxylic acids is 1. The third kappa shape index (κ3) is 9.39. The number of unbranched alkanes of at least 4 members (excludes halogenated alkanes) is 5. The summed E-state index contributed by atoms with van der Waals surface area (Å²) in [5, 5.41) is 0. The first-order valence-electron chi connectivity index (χ1n) is 9.11. The summed E-state index contributed by atoms with van der Waals surface area (Å²) in [5.41, 5.74) is 1.84. The predicted molar refractivity (Wildman–Crippen MR) is 94.9 cm³/mol. The molecule has 1 aromatic carbocycles. The number of benzene rings is 1. The lowest BCUT2D eigenvalue weighted by atomic mass is 10.1. The molecule has 0 heterocycles. The number of aryl methyl sites for hydroxylation is 1. The van der Waals surface area contributed by atoms with Gasteiger partial charge < -0.3 is 9.47 Å². The van der Waals surface area contributed by atoms with E-state index in [9.17, 15) is 4.79 Å². The Bertz CT molecular complexity index is 429. The van der Waals surface area contributed by atoms with Crippen molar-refractivity contribution in [3.63, 3.8) is 0 Å². The molecule has 0 fully saturated rings. The Kier molecular flexibility index (Phi) is 11.2. The van der Waals surface area contributed by atoms with E-state index in [1.165, 1.54) is 31.2 Å². The summed E-state index contributed by atoms with van der Waals surface area (Å²) in [6.07, 6.45) is 9.47. The van der Waals surface area contributed by atoms with E-state index in [2.05, 4.69) is 19.9 Å². The molecule has 0 saturated heterocycles. The number of esters is 1. The zero-order valence-electron chi connectivity index (χ0n) is 14.8. The van der Waals surface area contributed by atoms with Gasteiger partial charge in [-0.05, 0) is 37.0 Å². The molecule has 0 atom stereocenters. The van der Waals surface area contributed by atoms with E-state index < -0.39 is 0 Å². The third-order valence-corrected chi connectivity index (χ3v) is 3.83. The molecule has 0 aliphatic heterocycles. The zero-order chi connectivity index (χ0) is 16.8. The normalized spacial score (nSPS) is 10.7. The Balaban J connectivity index is 2.14. The molecule has 0 aliphatic carbocycles. The monoisotopic (exact) mass is 320 g/mol. The lowest BCUT2D eigenvalue weighted by Crippen LogP contribution is -2.11. The lowest BCUT2D eigenvalue weighted by molar-refractivity contribution is 0.0312.